The molecular formula is C19H22N2O3S. The fourth-order valence-corrected chi connectivity index (χ4v) is 2.32. The Balaban J connectivity index is 1.92. The first-order chi connectivity index (χ1) is 12.0. The highest BCUT2D eigenvalue weighted by molar-refractivity contribution is 7.80. The third-order valence-electron chi connectivity index (χ3n) is 3.33. The normalized spacial score (nSPS) is 10.2. The molecule has 0 fully saturated rings. The fourth-order valence-electron chi connectivity index (χ4n) is 2.15. The van der Waals surface area contributed by atoms with E-state index in [0.29, 0.717) is 17.9 Å². The fraction of sp³-hybridized carbons (Fsp3) is 0.263. The minimum absolute atomic E-state index is 0.0194. The summed E-state index contributed by atoms with van der Waals surface area (Å²) in [6, 6.07) is 14.7. The molecule has 0 aliphatic carbocycles. The lowest BCUT2D eigenvalue weighted by Crippen LogP contribution is -2.39. The first-order valence-electron chi connectivity index (χ1n) is 7.97. The predicted octanol–water partition coefficient (Wildman–Crippen LogP) is 3.29. The van der Waals surface area contributed by atoms with Crippen molar-refractivity contribution in [2.75, 3.05) is 7.11 Å². The van der Waals surface area contributed by atoms with Gasteiger partial charge in [0, 0.05) is 6.54 Å². The summed E-state index contributed by atoms with van der Waals surface area (Å²) in [6.07, 6.45) is -0.0194. The van der Waals surface area contributed by atoms with Crippen molar-refractivity contribution in [3.05, 3.63) is 59.7 Å². The first-order valence-corrected chi connectivity index (χ1v) is 8.38. The molecule has 5 nitrogen and oxygen atoms in total. The van der Waals surface area contributed by atoms with Gasteiger partial charge in [-0.1, -0.05) is 24.3 Å². The van der Waals surface area contributed by atoms with Crippen molar-refractivity contribution in [3.8, 4) is 11.5 Å². The number of para-hydroxylation sites is 1. The number of hydrogen-bond donors (Lipinski definition) is 2. The molecule has 25 heavy (non-hydrogen) atoms. The second-order valence-electron chi connectivity index (χ2n) is 5.65. The average molecular weight is 358 g/mol. The van der Waals surface area contributed by atoms with Gasteiger partial charge in [-0.05, 0) is 55.9 Å². The number of thiocarbonyl (C=S) groups is 1. The molecule has 0 bridgehead atoms. The molecule has 132 valence electrons. The van der Waals surface area contributed by atoms with Crippen LogP contribution in [0, 0.1) is 0 Å². The summed E-state index contributed by atoms with van der Waals surface area (Å²) < 4.78 is 10.8. The standard InChI is InChI=1S/C19H22N2O3S/c1-13(2)24-17-7-5-4-6-16(17)18(22)21-19(25)20-12-14-8-10-15(23-3)11-9-14/h4-11,13H,12H2,1-3H3,(H2,20,21,22,25). The van der Waals surface area contributed by atoms with Crippen LogP contribution in [0.15, 0.2) is 48.5 Å². The van der Waals surface area contributed by atoms with E-state index in [1.165, 1.54) is 0 Å². The van der Waals surface area contributed by atoms with Crippen molar-refractivity contribution in [2.24, 2.45) is 0 Å². The smallest absolute Gasteiger partial charge is 0.261 e. The molecule has 0 heterocycles. The first kappa shape index (κ1) is 18.7. The van der Waals surface area contributed by atoms with E-state index < -0.39 is 0 Å². The van der Waals surface area contributed by atoms with Crippen LogP contribution < -0.4 is 20.1 Å². The summed E-state index contributed by atoms with van der Waals surface area (Å²) in [7, 11) is 1.62. The summed E-state index contributed by atoms with van der Waals surface area (Å²) in [5.41, 5.74) is 1.48. The number of carbonyl (C=O) groups excluding carboxylic acids is 1. The van der Waals surface area contributed by atoms with Gasteiger partial charge in [0.05, 0.1) is 18.8 Å². The molecule has 2 aromatic carbocycles. The summed E-state index contributed by atoms with van der Waals surface area (Å²) in [5, 5.41) is 5.96. The Hall–Kier alpha value is -2.60. The molecule has 0 aromatic heterocycles. The van der Waals surface area contributed by atoms with Crippen molar-refractivity contribution in [2.45, 2.75) is 26.5 Å². The monoisotopic (exact) mass is 358 g/mol. The van der Waals surface area contributed by atoms with Gasteiger partial charge in [0.15, 0.2) is 5.11 Å². The summed E-state index contributed by atoms with van der Waals surface area (Å²) >= 11 is 5.20. The van der Waals surface area contributed by atoms with E-state index in [2.05, 4.69) is 10.6 Å². The van der Waals surface area contributed by atoms with Crippen LogP contribution in [0.2, 0.25) is 0 Å². The molecule has 0 radical (unpaired) electrons. The molecule has 0 saturated heterocycles. The Kier molecular flexibility index (Phi) is 6.77. The van der Waals surface area contributed by atoms with Gasteiger partial charge < -0.3 is 14.8 Å². The Morgan fingerprint density at radius 2 is 1.80 bits per heavy atom. The van der Waals surface area contributed by atoms with Gasteiger partial charge >= 0.3 is 0 Å². The highest BCUT2D eigenvalue weighted by atomic mass is 32.1. The maximum atomic E-state index is 12.4. The highest BCUT2D eigenvalue weighted by Gasteiger charge is 2.14. The van der Waals surface area contributed by atoms with Crippen molar-refractivity contribution in [3.63, 3.8) is 0 Å². The van der Waals surface area contributed by atoms with Crippen LogP contribution in [-0.4, -0.2) is 24.2 Å². The number of hydrogen-bond acceptors (Lipinski definition) is 4. The van der Waals surface area contributed by atoms with Gasteiger partial charge in [0.1, 0.15) is 11.5 Å². The molecule has 0 aliphatic heterocycles. The Morgan fingerprint density at radius 3 is 2.44 bits per heavy atom. The maximum Gasteiger partial charge on any atom is 0.261 e. The van der Waals surface area contributed by atoms with E-state index in [1.54, 1.807) is 25.3 Å². The van der Waals surface area contributed by atoms with Gasteiger partial charge in [0.25, 0.3) is 5.91 Å². The third kappa shape index (κ3) is 5.76. The maximum absolute atomic E-state index is 12.4. The van der Waals surface area contributed by atoms with Gasteiger partial charge in [-0.3, -0.25) is 10.1 Å². The van der Waals surface area contributed by atoms with Gasteiger partial charge in [-0.2, -0.15) is 0 Å². The molecule has 0 saturated carbocycles. The van der Waals surface area contributed by atoms with Crippen LogP contribution in [0.1, 0.15) is 29.8 Å². The molecule has 2 N–H and O–H groups in total. The van der Waals surface area contributed by atoms with Crippen LogP contribution in [0.5, 0.6) is 11.5 Å². The lowest BCUT2D eigenvalue weighted by Gasteiger charge is -2.15. The number of benzene rings is 2. The van der Waals surface area contributed by atoms with E-state index in [9.17, 15) is 4.79 Å². The molecule has 1 amide bonds. The minimum atomic E-state index is -0.302. The molecule has 2 aromatic rings. The zero-order valence-electron chi connectivity index (χ0n) is 14.5. The average Bonchev–Trinajstić information content (AvgIpc) is 2.60. The zero-order valence-corrected chi connectivity index (χ0v) is 15.4. The van der Waals surface area contributed by atoms with Crippen LogP contribution >= 0.6 is 12.2 Å². The molecule has 2 rings (SSSR count). The van der Waals surface area contributed by atoms with E-state index in [4.69, 9.17) is 21.7 Å². The molecular weight excluding hydrogens is 336 g/mol. The van der Waals surface area contributed by atoms with Gasteiger partial charge in [-0.15, -0.1) is 0 Å². The number of carbonyl (C=O) groups is 1. The molecule has 6 heteroatoms. The van der Waals surface area contributed by atoms with Gasteiger partial charge in [-0.25, -0.2) is 0 Å². The zero-order chi connectivity index (χ0) is 18.2. The Labute approximate surface area is 153 Å². The second kappa shape index (κ2) is 9.03. The van der Waals surface area contributed by atoms with E-state index in [0.717, 1.165) is 11.3 Å². The van der Waals surface area contributed by atoms with E-state index in [-0.39, 0.29) is 17.1 Å². The predicted molar refractivity (Wildman–Crippen MR) is 102 cm³/mol. The van der Waals surface area contributed by atoms with E-state index >= 15 is 0 Å². The van der Waals surface area contributed by atoms with Crippen LogP contribution in [0.25, 0.3) is 0 Å². The topological polar surface area (TPSA) is 59.6 Å². The molecule has 0 unspecified atom stereocenters. The van der Waals surface area contributed by atoms with Crippen molar-refractivity contribution in [1.82, 2.24) is 10.6 Å². The van der Waals surface area contributed by atoms with Crippen LogP contribution in [-0.2, 0) is 6.54 Å². The highest BCUT2D eigenvalue weighted by Crippen LogP contribution is 2.19. The Bertz CT molecular complexity index is 730. The van der Waals surface area contributed by atoms with E-state index in [1.807, 2.05) is 44.2 Å². The minimum Gasteiger partial charge on any atom is -0.497 e. The molecule has 0 aliphatic rings. The SMILES string of the molecule is COc1ccc(CNC(=S)NC(=O)c2ccccc2OC(C)C)cc1. The summed E-state index contributed by atoms with van der Waals surface area (Å²) in [4.78, 5) is 12.4. The largest absolute Gasteiger partial charge is 0.497 e. The number of amides is 1. The number of nitrogens with one attached hydrogen (secondary N) is 2. The quantitative estimate of drug-likeness (QED) is 0.776. The number of methoxy groups -OCH3 is 1. The lowest BCUT2D eigenvalue weighted by atomic mass is 10.2. The van der Waals surface area contributed by atoms with Crippen LogP contribution in [0.3, 0.4) is 0 Å². The number of ether oxygens (including phenoxy) is 2. The van der Waals surface area contributed by atoms with Crippen molar-refractivity contribution < 1.29 is 14.3 Å². The number of rotatable bonds is 6. The lowest BCUT2D eigenvalue weighted by molar-refractivity contribution is 0.0971. The van der Waals surface area contributed by atoms with Crippen LogP contribution in [0.4, 0.5) is 0 Å². The second-order valence-corrected chi connectivity index (χ2v) is 6.06. The van der Waals surface area contributed by atoms with Crippen molar-refractivity contribution >= 4 is 23.2 Å². The molecule has 0 spiro atoms. The molecule has 0 atom stereocenters. The summed E-state index contributed by atoms with van der Waals surface area (Å²) in [6.45, 7) is 4.33. The van der Waals surface area contributed by atoms with Crippen molar-refractivity contribution in [1.29, 1.82) is 0 Å². The third-order valence-corrected chi connectivity index (χ3v) is 3.58. The summed E-state index contributed by atoms with van der Waals surface area (Å²) in [5.74, 6) is 1.03. The Morgan fingerprint density at radius 1 is 1.12 bits per heavy atom. The van der Waals surface area contributed by atoms with Gasteiger partial charge in [0.2, 0.25) is 0 Å².